The maximum absolute atomic E-state index is 6.28. The van der Waals surface area contributed by atoms with Crippen molar-refractivity contribution in [1.82, 2.24) is 5.32 Å². The third kappa shape index (κ3) is 4.37. The minimum Gasteiger partial charge on any atom is -0.310 e. The average Bonchev–Trinajstić information content (AvgIpc) is 2.76. The summed E-state index contributed by atoms with van der Waals surface area (Å²) in [4.78, 5) is 0. The Labute approximate surface area is 138 Å². The number of hydrogen-bond acceptors (Lipinski definition) is 2. The summed E-state index contributed by atoms with van der Waals surface area (Å²) in [5.41, 5.74) is 2.30. The lowest BCUT2D eigenvalue weighted by Crippen LogP contribution is -2.23. The van der Waals surface area contributed by atoms with Crippen LogP contribution in [0.3, 0.4) is 0 Å². The van der Waals surface area contributed by atoms with Gasteiger partial charge in [-0.1, -0.05) is 53.9 Å². The van der Waals surface area contributed by atoms with E-state index in [2.05, 4.69) is 12.2 Å². The fraction of sp³-hybridized carbons (Fsp3) is 0.333. The first-order chi connectivity index (χ1) is 9.60. The Morgan fingerprint density at radius 2 is 1.85 bits per heavy atom. The molecule has 0 amide bonds. The molecule has 0 spiro atoms. The number of rotatable bonds is 6. The third-order valence-corrected chi connectivity index (χ3v) is 4.82. The highest BCUT2D eigenvalue weighted by atomic mass is 35.5. The Morgan fingerprint density at radius 1 is 1.15 bits per heavy atom. The molecule has 0 radical (unpaired) electrons. The number of halogens is 3. The summed E-state index contributed by atoms with van der Waals surface area (Å²) in [6.07, 6.45) is 1.94. The van der Waals surface area contributed by atoms with Crippen LogP contribution in [0, 0.1) is 0 Å². The first-order valence-corrected chi connectivity index (χ1v) is 8.47. The van der Waals surface area contributed by atoms with Crippen LogP contribution in [0.5, 0.6) is 0 Å². The Morgan fingerprint density at radius 3 is 2.40 bits per heavy atom. The summed E-state index contributed by atoms with van der Waals surface area (Å²) in [7, 11) is 0. The molecule has 0 bridgehead atoms. The molecule has 1 unspecified atom stereocenters. The van der Waals surface area contributed by atoms with Gasteiger partial charge in [-0.3, -0.25) is 0 Å². The summed E-state index contributed by atoms with van der Waals surface area (Å²) < 4.78 is 1.49. The molecule has 1 heterocycles. The monoisotopic (exact) mass is 347 g/mol. The SMILES string of the molecule is CCCNC(Cc1ccc(Cl)cc1)c1cc(Cl)sc1Cl. The summed E-state index contributed by atoms with van der Waals surface area (Å²) in [6.45, 7) is 3.09. The van der Waals surface area contributed by atoms with Gasteiger partial charge >= 0.3 is 0 Å². The van der Waals surface area contributed by atoms with E-state index < -0.39 is 0 Å². The maximum Gasteiger partial charge on any atom is 0.0992 e. The molecule has 2 rings (SSSR count). The topological polar surface area (TPSA) is 12.0 Å². The molecular formula is C15H16Cl3NS. The standard InChI is InChI=1S/C15H16Cl3NS/c1-2-7-19-13(12-9-14(17)20-15(12)18)8-10-3-5-11(16)6-4-10/h3-6,9,13,19H,2,7-8H2,1H3. The van der Waals surface area contributed by atoms with Crippen LogP contribution in [-0.4, -0.2) is 6.54 Å². The Bertz CT molecular complexity index is 551. The Balaban J connectivity index is 2.19. The van der Waals surface area contributed by atoms with Gasteiger partial charge in [-0.15, -0.1) is 11.3 Å². The van der Waals surface area contributed by atoms with Crippen LogP contribution in [0.1, 0.15) is 30.5 Å². The van der Waals surface area contributed by atoms with Crippen LogP contribution < -0.4 is 5.32 Å². The van der Waals surface area contributed by atoms with Gasteiger partial charge in [0, 0.05) is 16.6 Å². The van der Waals surface area contributed by atoms with Gasteiger partial charge in [0.05, 0.1) is 8.67 Å². The van der Waals surface area contributed by atoms with E-state index >= 15 is 0 Å². The first kappa shape index (κ1) is 16.1. The highest BCUT2D eigenvalue weighted by molar-refractivity contribution is 7.20. The van der Waals surface area contributed by atoms with E-state index in [0.29, 0.717) is 0 Å². The molecule has 5 heteroatoms. The molecule has 1 N–H and O–H groups in total. The minimum atomic E-state index is 0.173. The van der Waals surface area contributed by atoms with Gasteiger partial charge in [0.25, 0.3) is 0 Å². The molecule has 0 aliphatic heterocycles. The Hall–Kier alpha value is -0.250. The second kappa shape index (κ2) is 7.67. The van der Waals surface area contributed by atoms with Crippen LogP contribution in [0.25, 0.3) is 0 Å². The maximum atomic E-state index is 6.28. The molecular weight excluding hydrogens is 333 g/mol. The molecule has 20 heavy (non-hydrogen) atoms. The zero-order chi connectivity index (χ0) is 14.5. The number of hydrogen-bond donors (Lipinski definition) is 1. The van der Waals surface area contributed by atoms with Crippen LogP contribution in [0.4, 0.5) is 0 Å². The van der Waals surface area contributed by atoms with Crippen molar-refractivity contribution >= 4 is 46.1 Å². The van der Waals surface area contributed by atoms with Gasteiger partial charge < -0.3 is 5.32 Å². The molecule has 0 fully saturated rings. The fourth-order valence-corrected chi connectivity index (χ4v) is 3.76. The largest absolute Gasteiger partial charge is 0.310 e. The van der Waals surface area contributed by atoms with E-state index in [1.54, 1.807) is 0 Å². The van der Waals surface area contributed by atoms with Crippen molar-refractivity contribution in [3.63, 3.8) is 0 Å². The average molecular weight is 349 g/mol. The van der Waals surface area contributed by atoms with Crippen molar-refractivity contribution in [3.05, 3.63) is 55.2 Å². The predicted molar refractivity (Wildman–Crippen MR) is 90.5 cm³/mol. The number of nitrogens with one attached hydrogen (secondary N) is 1. The first-order valence-electron chi connectivity index (χ1n) is 6.52. The van der Waals surface area contributed by atoms with Crippen LogP contribution >= 0.6 is 46.1 Å². The van der Waals surface area contributed by atoms with E-state index in [-0.39, 0.29) is 6.04 Å². The summed E-state index contributed by atoms with van der Waals surface area (Å²) in [5, 5.41) is 4.29. The van der Waals surface area contributed by atoms with Gasteiger partial charge in [0.1, 0.15) is 0 Å². The van der Waals surface area contributed by atoms with Crippen molar-refractivity contribution in [2.75, 3.05) is 6.54 Å². The minimum absolute atomic E-state index is 0.173. The van der Waals surface area contributed by atoms with Crippen molar-refractivity contribution < 1.29 is 0 Å². The van der Waals surface area contributed by atoms with E-state index in [0.717, 1.165) is 38.6 Å². The van der Waals surface area contributed by atoms with E-state index in [1.807, 2.05) is 30.3 Å². The molecule has 0 saturated carbocycles. The molecule has 1 nitrogen and oxygen atoms in total. The highest BCUT2D eigenvalue weighted by Crippen LogP contribution is 2.36. The van der Waals surface area contributed by atoms with Gasteiger partial charge in [-0.2, -0.15) is 0 Å². The fourth-order valence-electron chi connectivity index (χ4n) is 2.06. The lowest BCUT2D eigenvalue weighted by atomic mass is 10.0. The zero-order valence-electron chi connectivity index (χ0n) is 11.1. The second-order valence-corrected chi connectivity index (χ2v) is 7.34. The normalized spacial score (nSPS) is 12.6. The van der Waals surface area contributed by atoms with Gasteiger partial charge in [0.15, 0.2) is 0 Å². The van der Waals surface area contributed by atoms with Crippen LogP contribution in [-0.2, 0) is 6.42 Å². The molecule has 0 saturated heterocycles. The summed E-state index contributed by atoms with van der Waals surface area (Å²) >= 11 is 19.7. The quantitative estimate of drug-likeness (QED) is 0.676. The molecule has 1 atom stereocenters. The molecule has 108 valence electrons. The van der Waals surface area contributed by atoms with Crippen molar-refractivity contribution in [1.29, 1.82) is 0 Å². The molecule has 0 aliphatic rings. The molecule has 1 aromatic heterocycles. The van der Waals surface area contributed by atoms with Gasteiger partial charge in [-0.05, 0) is 43.1 Å². The zero-order valence-corrected chi connectivity index (χ0v) is 14.2. The molecule has 1 aromatic carbocycles. The van der Waals surface area contributed by atoms with Gasteiger partial charge in [0.2, 0.25) is 0 Å². The van der Waals surface area contributed by atoms with Crippen molar-refractivity contribution in [2.45, 2.75) is 25.8 Å². The molecule has 0 aliphatic carbocycles. The second-order valence-electron chi connectivity index (χ2n) is 4.62. The van der Waals surface area contributed by atoms with E-state index in [9.17, 15) is 0 Å². The third-order valence-electron chi connectivity index (χ3n) is 3.05. The van der Waals surface area contributed by atoms with E-state index in [1.165, 1.54) is 16.9 Å². The smallest absolute Gasteiger partial charge is 0.0992 e. The highest BCUT2D eigenvalue weighted by Gasteiger charge is 2.17. The Kier molecular flexibility index (Phi) is 6.19. The number of benzene rings is 1. The van der Waals surface area contributed by atoms with Crippen LogP contribution in [0.2, 0.25) is 13.7 Å². The van der Waals surface area contributed by atoms with Crippen molar-refractivity contribution in [3.8, 4) is 0 Å². The lowest BCUT2D eigenvalue weighted by Gasteiger charge is -2.18. The summed E-state index contributed by atoms with van der Waals surface area (Å²) in [6, 6.07) is 10.0. The van der Waals surface area contributed by atoms with Crippen LogP contribution in [0.15, 0.2) is 30.3 Å². The van der Waals surface area contributed by atoms with E-state index in [4.69, 9.17) is 34.8 Å². The van der Waals surface area contributed by atoms with Gasteiger partial charge in [-0.25, -0.2) is 0 Å². The molecule has 2 aromatic rings. The van der Waals surface area contributed by atoms with Crippen molar-refractivity contribution in [2.24, 2.45) is 0 Å². The summed E-state index contributed by atoms with van der Waals surface area (Å²) in [5.74, 6) is 0. The lowest BCUT2D eigenvalue weighted by molar-refractivity contribution is 0.531. The predicted octanol–water partition coefficient (Wildman–Crippen LogP) is 5.99. The number of thiophene rings is 1.